The minimum absolute atomic E-state index is 0.0121. The molecule has 2 aliphatic rings. The Labute approximate surface area is 217 Å². The van der Waals surface area contributed by atoms with Gasteiger partial charge in [-0.25, -0.2) is 24.8 Å². The van der Waals surface area contributed by atoms with Crippen molar-refractivity contribution in [2.75, 3.05) is 32.0 Å². The van der Waals surface area contributed by atoms with Gasteiger partial charge in [-0.15, -0.1) is 0 Å². The lowest BCUT2D eigenvalue weighted by atomic mass is 9.95. The Morgan fingerprint density at radius 2 is 2.16 bits per heavy atom. The van der Waals surface area contributed by atoms with Crippen LogP contribution in [0.25, 0.3) is 6.08 Å². The van der Waals surface area contributed by atoms with Crippen LogP contribution in [0.1, 0.15) is 37.9 Å². The molecule has 14 heteroatoms. The smallest absolute Gasteiger partial charge is 0.387 e. The standard InChI is InChI=1S/C24H30F3N9O2/c1-16(36-15-34-21(29-2)19(36)5-9-37)22(38)31-8-3-7-30-20(28)10-18-11-32-23(33-12-18)35-13-17(14-35)4-6-24(25,26)27/h3,5,7-8,11,15-18,29H,4,6,10,12-14H2,1-2H3,(H2,28,30). The fourth-order valence-corrected chi connectivity index (χ4v) is 3.95. The number of nitrogens with two attached hydrogens (primary N) is 1. The highest BCUT2D eigenvalue weighted by molar-refractivity contribution is 5.93. The molecule has 0 aromatic carbocycles. The zero-order chi connectivity index (χ0) is 27.7. The van der Waals surface area contributed by atoms with Gasteiger partial charge in [0, 0.05) is 63.6 Å². The lowest BCUT2D eigenvalue weighted by Crippen LogP contribution is -2.50. The number of aromatic nitrogens is 2. The molecule has 0 saturated carbocycles. The largest absolute Gasteiger partial charge is 0.389 e. The van der Waals surface area contributed by atoms with Crippen LogP contribution in [0.15, 0.2) is 38.6 Å². The van der Waals surface area contributed by atoms with Crippen molar-refractivity contribution in [1.29, 1.82) is 0 Å². The summed E-state index contributed by atoms with van der Waals surface area (Å²) in [5.74, 6) is 2.55. The first-order chi connectivity index (χ1) is 18.1. The van der Waals surface area contributed by atoms with Gasteiger partial charge in [-0.3, -0.25) is 9.79 Å². The number of guanidine groups is 1. The molecular formula is C24H30F3N9O2. The highest BCUT2D eigenvalue weighted by Crippen LogP contribution is 2.29. The Morgan fingerprint density at radius 3 is 2.79 bits per heavy atom. The minimum atomic E-state index is -4.12. The molecule has 1 saturated heterocycles. The molecule has 3 rings (SSSR count). The van der Waals surface area contributed by atoms with Crippen molar-refractivity contribution in [1.82, 2.24) is 14.5 Å². The van der Waals surface area contributed by atoms with Gasteiger partial charge < -0.3 is 20.5 Å². The van der Waals surface area contributed by atoms with E-state index in [9.17, 15) is 22.8 Å². The summed E-state index contributed by atoms with van der Waals surface area (Å²) in [7, 11) is 1.65. The Bertz CT molecular complexity index is 1190. The molecule has 38 heavy (non-hydrogen) atoms. The number of nitrogens with zero attached hydrogens (tertiary/aromatic N) is 7. The van der Waals surface area contributed by atoms with E-state index in [1.165, 1.54) is 35.5 Å². The van der Waals surface area contributed by atoms with Gasteiger partial charge in [0.2, 0.25) is 5.96 Å². The predicted molar refractivity (Wildman–Crippen MR) is 140 cm³/mol. The first kappa shape index (κ1) is 28.5. The van der Waals surface area contributed by atoms with Crippen LogP contribution in [-0.4, -0.2) is 83.4 Å². The third-order valence-electron chi connectivity index (χ3n) is 6.07. The number of allylic oxidation sites excluding steroid dienone is 1. The van der Waals surface area contributed by atoms with Crippen LogP contribution in [0.4, 0.5) is 19.0 Å². The highest BCUT2D eigenvalue weighted by atomic mass is 19.4. The van der Waals surface area contributed by atoms with Crippen molar-refractivity contribution in [3.63, 3.8) is 0 Å². The summed E-state index contributed by atoms with van der Waals surface area (Å²) in [5.41, 5.74) is 6.39. The molecule has 0 aliphatic carbocycles. The number of carbonyl (C=O) groups excluding carboxylic acids is 2. The van der Waals surface area contributed by atoms with Gasteiger partial charge in [0.25, 0.3) is 5.91 Å². The van der Waals surface area contributed by atoms with E-state index in [4.69, 9.17) is 5.73 Å². The maximum atomic E-state index is 12.4. The number of likely N-dealkylation sites (tertiary alicyclic amines) is 1. The summed E-state index contributed by atoms with van der Waals surface area (Å²) < 4.78 is 38.5. The number of amidine groups is 1. The van der Waals surface area contributed by atoms with E-state index in [0.29, 0.717) is 49.4 Å². The van der Waals surface area contributed by atoms with Crippen LogP contribution in [-0.2, 0) is 9.59 Å². The molecule has 0 bridgehead atoms. The molecule has 3 N–H and O–H groups in total. The van der Waals surface area contributed by atoms with Crippen LogP contribution in [0.2, 0.25) is 0 Å². The van der Waals surface area contributed by atoms with Crippen molar-refractivity contribution in [3.8, 4) is 0 Å². The lowest BCUT2D eigenvalue weighted by Gasteiger charge is -2.40. The number of nitrogens with one attached hydrogen (secondary N) is 1. The Kier molecular flexibility index (Phi) is 9.72. The van der Waals surface area contributed by atoms with Gasteiger partial charge in [0.05, 0.1) is 24.4 Å². The number of carbonyl (C=O) groups is 1. The summed E-state index contributed by atoms with van der Waals surface area (Å²) in [5, 5.41) is 2.84. The fraction of sp³-hybridized carbons (Fsp3) is 0.500. The summed E-state index contributed by atoms with van der Waals surface area (Å²) in [4.78, 5) is 45.9. The van der Waals surface area contributed by atoms with E-state index in [1.54, 1.807) is 26.1 Å². The summed E-state index contributed by atoms with van der Waals surface area (Å²) in [6, 6.07) is -0.694. The molecule has 0 spiro atoms. The third kappa shape index (κ3) is 7.97. The third-order valence-corrected chi connectivity index (χ3v) is 6.07. The van der Waals surface area contributed by atoms with Crippen LogP contribution >= 0.6 is 0 Å². The fourth-order valence-electron chi connectivity index (χ4n) is 3.95. The van der Waals surface area contributed by atoms with Crippen molar-refractivity contribution in [2.45, 2.75) is 38.4 Å². The predicted octanol–water partition coefficient (Wildman–Crippen LogP) is 2.52. The molecule has 1 aromatic rings. The number of alkyl halides is 3. The van der Waals surface area contributed by atoms with Crippen molar-refractivity contribution in [3.05, 3.63) is 24.3 Å². The molecule has 204 valence electrons. The normalized spacial score (nSPS) is 19.4. The van der Waals surface area contributed by atoms with Crippen LogP contribution < -0.4 is 11.1 Å². The molecule has 1 fully saturated rings. The SMILES string of the molecule is CNc1ncn(C(C)C(=O)N=CC=CN=C(N)CC2C=NC(N3CC(CCC(F)(F)F)C3)=NC2)c1C=C=O. The van der Waals surface area contributed by atoms with E-state index in [-0.39, 0.29) is 18.3 Å². The van der Waals surface area contributed by atoms with Gasteiger partial charge in [-0.2, -0.15) is 13.2 Å². The molecule has 2 aliphatic heterocycles. The summed E-state index contributed by atoms with van der Waals surface area (Å²) in [6.07, 6.45) is 4.23. The van der Waals surface area contributed by atoms with Crippen LogP contribution in [0.5, 0.6) is 0 Å². The Morgan fingerprint density at radius 1 is 1.39 bits per heavy atom. The topological polar surface area (TPSA) is 143 Å². The first-order valence-corrected chi connectivity index (χ1v) is 12.0. The second-order valence-corrected chi connectivity index (χ2v) is 8.96. The van der Waals surface area contributed by atoms with Crippen LogP contribution in [0.3, 0.4) is 0 Å². The first-order valence-electron chi connectivity index (χ1n) is 12.0. The average Bonchev–Trinajstić information content (AvgIpc) is 3.25. The molecule has 3 heterocycles. The minimum Gasteiger partial charge on any atom is -0.387 e. The van der Waals surface area contributed by atoms with E-state index >= 15 is 0 Å². The van der Waals surface area contributed by atoms with Gasteiger partial charge in [-0.05, 0) is 25.3 Å². The second-order valence-electron chi connectivity index (χ2n) is 8.96. The number of anilines is 1. The Balaban J connectivity index is 1.42. The zero-order valence-electron chi connectivity index (χ0n) is 21.1. The average molecular weight is 534 g/mol. The quantitative estimate of drug-likeness (QED) is 0.269. The lowest BCUT2D eigenvalue weighted by molar-refractivity contribution is -0.139. The van der Waals surface area contributed by atoms with Gasteiger partial charge >= 0.3 is 6.18 Å². The van der Waals surface area contributed by atoms with E-state index in [0.717, 1.165) is 0 Å². The maximum absolute atomic E-state index is 12.4. The van der Waals surface area contributed by atoms with E-state index in [1.807, 2.05) is 4.90 Å². The molecule has 1 amide bonds. The number of halogens is 3. The molecule has 2 unspecified atom stereocenters. The highest BCUT2D eigenvalue weighted by Gasteiger charge is 2.34. The molecule has 0 radical (unpaired) electrons. The number of hydrogen-bond donors (Lipinski definition) is 2. The van der Waals surface area contributed by atoms with E-state index < -0.39 is 24.5 Å². The van der Waals surface area contributed by atoms with Gasteiger partial charge in [0.1, 0.15) is 12.0 Å². The summed E-state index contributed by atoms with van der Waals surface area (Å²) >= 11 is 0. The number of aliphatic imine (C=N–C) groups is 4. The van der Waals surface area contributed by atoms with Gasteiger partial charge in [-0.1, -0.05) is 0 Å². The number of imidazole rings is 1. The molecule has 1 aromatic heterocycles. The van der Waals surface area contributed by atoms with Crippen molar-refractivity contribution < 1.29 is 22.8 Å². The molecule has 11 nitrogen and oxygen atoms in total. The monoisotopic (exact) mass is 533 g/mol. The molecular weight excluding hydrogens is 503 g/mol. The number of rotatable bonds is 10. The van der Waals surface area contributed by atoms with E-state index in [2.05, 4.69) is 30.3 Å². The summed E-state index contributed by atoms with van der Waals surface area (Å²) in [6.45, 7) is 3.16. The van der Waals surface area contributed by atoms with Crippen LogP contribution in [0, 0.1) is 11.8 Å². The maximum Gasteiger partial charge on any atom is 0.389 e. The number of hydrogen-bond acceptors (Lipinski definition) is 8. The number of amides is 1. The van der Waals surface area contributed by atoms with Crippen molar-refractivity contribution >= 4 is 48.0 Å². The van der Waals surface area contributed by atoms with Gasteiger partial charge in [0.15, 0.2) is 5.82 Å². The Hall–Kier alpha value is -4.06. The van der Waals surface area contributed by atoms with Crippen molar-refractivity contribution in [2.24, 2.45) is 37.5 Å². The second kappa shape index (κ2) is 13.0. The zero-order valence-corrected chi connectivity index (χ0v) is 21.1. The molecule has 2 atom stereocenters.